The highest BCUT2D eigenvalue weighted by atomic mass is 127. The summed E-state index contributed by atoms with van der Waals surface area (Å²) in [5, 5.41) is 2.91. The van der Waals surface area contributed by atoms with Crippen LogP contribution in [-0.2, 0) is 5.41 Å². The van der Waals surface area contributed by atoms with Gasteiger partial charge in [0.2, 0.25) is 0 Å². The number of hydrogen-bond donors (Lipinski definition) is 1. The van der Waals surface area contributed by atoms with E-state index in [0.29, 0.717) is 12.1 Å². The molecule has 1 amide bonds. The molecule has 0 saturated carbocycles. The standard InChI is InChI=1S/C18H19FINO/c1-12-4-6-13(7-5-12)18(2,3)11-21-17(22)15-10-14(19)8-9-16(15)20/h4-10H,11H2,1-3H3,(H,21,22). The molecule has 4 heteroatoms. The van der Waals surface area contributed by atoms with Crippen molar-refractivity contribution in [2.75, 3.05) is 6.54 Å². The van der Waals surface area contributed by atoms with E-state index >= 15 is 0 Å². The summed E-state index contributed by atoms with van der Waals surface area (Å²) in [7, 11) is 0. The zero-order chi connectivity index (χ0) is 16.3. The lowest BCUT2D eigenvalue weighted by Gasteiger charge is -2.26. The van der Waals surface area contributed by atoms with Crippen LogP contribution in [0.25, 0.3) is 0 Å². The van der Waals surface area contributed by atoms with Gasteiger partial charge >= 0.3 is 0 Å². The fourth-order valence-electron chi connectivity index (χ4n) is 2.17. The zero-order valence-electron chi connectivity index (χ0n) is 12.9. The first kappa shape index (κ1) is 16.9. The molecule has 2 nitrogen and oxygen atoms in total. The van der Waals surface area contributed by atoms with Crippen molar-refractivity contribution in [2.45, 2.75) is 26.2 Å². The lowest BCUT2D eigenvalue weighted by molar-refractivity contribution is 0.0944. The molecule has 2 aromatic carbocycles. The molecular weight excluding hydrogens is 392 g/mol. The van der Waals surface area contributed by atoms with Crippen molar-refractivity contribution in [3.8, 4) is 0 Å². The summed E-state index contributed by atoms with van der Waals surface area (Å²) in [6, 6.07) is 12.5. The Hall–Kier alpha value is -1.43. The van der Waals surface area contributed by atoms with Crippen molar-refractivity contribution in [1.82, 2.24) is 5.32 Å². The molecule has 0 atom stereocenters. The summed E-state index contributed by atoms with van der Waals surface area (Å²) in [5.74, 6) is -0.646. The van der Waals surface area contributed by atoms with Crippen LogP contribution in [0.15, 0.2) is 42.5 Å². The van der Waals surface area contributed by atoms with Gasteiger partial charge < -0.3 is 5.32 Å². The van der Waals surface area contributed by atoms with Gasteiger partial charge in [0.25, 0.3) is 5.91 Å². The van der Waals surface area contributed by atoms with Crippen LogP contribution in [0, 0.1) is 16.3 Å². The van der Waals surface area contributed by atoms with Gasteiger partial charge in [-0.25, -0.2) is 4.39 Å². The number of nitrogens with one attached hydrogen (secondary N) is 1. The van der Waals surface area contributed by atoms with Crippen LogP contribution in [0.5, 0.6) is 0 Å². The second kappa shape index (κ2) is 6.77. The Balaban J connectivity index is 2.09. The van der Waals surface area contributed by atoms with Crippen LogP contribution in [0.4, 0.5) is 4.39 Å². The summed E-state index contributed by atoms with van der Waals surface area (Å²) in [4.78, 5) is 12.3. The van der Waals surface area contributed by atoms with Gasteiger partial charge in [0, 0.05) is 15.5 Å². The van der Waals surface area contributed by atoms with Crippen molar-refractivity contribution in [2.24, 2.45) is 0 Å². The average Bonchev–Trinajstić information content (AvgIpc) is 2.48. The number of rotatable bonds is 4. The maximum Gasteiger partial charge on any atom is 0.252 e. The Labute approximate surface area is 144 Å². The smallest absolute Gasteiger partial charge is 0.252 e. The molecule has 0 aliphatic carbocycles. The molecular formula is C18H19FINO. The molecule has 0 heterocycles. The Morgan fingerprint density at radius 2 is 1.82 bits per heavy atom. The fraction of sp³-hybridized carbons (Fsp3) is 0.278. The van der Waals surface area contributed by atoms with Gasteiger partial charge in [-0.1, -0.05) is 43.7 Å². The second-order valence-corrected chi connectivity index (χ2v) is 7.22. The largest absolute Gasteiger partial charge is 0.351 e. The van der Waals surface area contributed by atoms with E-state index in [1.54, 1.807) is 6.07 Å². The van der Waals surface area contributed by atoms with Gasteiger partial charge in [0.1, 0.15) is 5.82 Å². The minimum absolute atomic E-state index is 0.192. The monoisotopic (exact) mass is 411 g/mol. The van der Waals surface area contributed by atoms with E-state index in [2.05, 4.69) is 43.4 Å². The lowest BCUT2D eigenvalue weighted by atomic mass is 9.84. The number of carbonyl (C=O) groups excluding carboxylic acids is 1. The quantitative estimate of drug-likeness (QED) is 0.741. The zero-order valence-corrected chi connectivity index (χ0v) is 15.1. The number of aryl methyl sites for hydroxylation is 1. The van der Waals surface area contributed by atoms with Crippen LogP contribution >= 0.6 is 22.6 Å². The molecule has 0 aliphatic rings. The van der Waals surface area contributed by atoms with Crippen LogP contribution in [0.2, 0.25) is 0 Å². The van der Waals surface area contributed by atoms with E-state index in [9.17, 15) is 9.18 Å². The summed E-state index contributed by atoms with van der Waals surface area (Å²) >= 11 is 2.04. The molecule has 0 fully saturated rings. The van der Waals surface area contributed by atoms with Crippen LogP contribution < -0.4 is 5.32 Å². The molecule has 0 unspecified atom stereocenters. The third-order valence-electron chi connectivity index (χ3n) is 3.70. The third-order valence-corrected chi connectivity index (χ3v) is 4.64. The fourth-order valence-corrected chi connectivity index (χ4v) is 2.76. The SMILES string of the molecule is Cc1ccc(C(C)(C)CNC(=O)c2cc(F)ccc2I)cc1. The van der Waals surface area contributed by atoms with E-state index in [0.717, 1.165) is 9.13 Å². The lowest BCUT2D eigenvalue weighted by Crippen LogP contribution is -2.37. The maximum atomic E-state index is 13.3. The molecule has 2 rings (SSSR count). The van der Waals surface area contributed by atoms with Crippen molar-refractivity contribution >= 4 is 28.5 Å². The highest BCUT2D eigenvalue weighted by molar-refractivity contribution is 14.1. The first-order chi connectivity index (χ1) is 10.3. The van der Waals surface area contributed by atoms with Crippen molar-refractivity contribution in [3.63, 3.8) is 0 Å². The average molecular weight is 411 g/mol. The van der Waals surface area contributed by atoms with Crippen LogP contribution in [0.3, 0.4) is 0 Å². The van der Waals surface area contributed by atoms with E-state index in [1.807, 2.05) is 29.5 Å². The molecule has 0 aromatic heterocycles. The number of carbonyl (C=O) groups is 1. The van der Waals surface area contributed by atoms with E-state index in [-0.39, 0.29) is 11.3 Å². The Morgan fingerprint density at radius 3 is 2.45 bits per heavy atom. The molecule has 0 spiro atoms. The highest BCUT2D eigenvalue weighted by Gasteiger charge is 2.22. The van der Waals surface area contributed by atoms with Gasteiger partial charge in [0.05, 0.1) is 5.56 Å². The molecule has 0 radical (unpaired) electrons. The summed E-state index contributed by atoms with van der Waals surface area (Å²) < 4.78 is 14.0. The van der Waals surface area contributed by atoms with Crippen molar-refractivity contribution in [1.29, 1.82) is 0 Å². The minimum atomic E-state index is -0.400. The molecule has 2 aromatic rings. The van der Waals surface area contributed by atoms with E-state index in [4.69, 9.17) is 0 Å². The topological polar surface area (TPSA) is 29.1 Å². The van der Waals surface area contributed by atoms with Gasteiger partial charge in [-0.15, -0.1) is 0 Å². The first-order valence-electron chi connectivity index (χ1n) is 7.10. The van der Waals surface area contributed by atoms with Crippen molar-refractivity contribution < 1.29 is 9.18 Å². The van der Waals surface area contributed by atoms with Gasteiger partial charge in [-0.2, -0.15) is 0 Å². The minimum Gasteiger partial charge on any atom is -0.351 e. The molecule has 0 saturated heterocycles. The van der Waals surface area contributed by atoms with Crippen LogP contribution in [0.1, 0.15) is 35.3 Å². The number of hydrogen-bond acceptors (Lipinski definition) is 1. The summed E-state index contributed by atoms with van der Waals surface area (Å²) in [6.07, 6.45) is 0. The molecule has 0 bridgehead atoms. The predicted molar refractivity (Wildman–Crippen MR) is 95.7 cm³/mol. The Morgan fingerprint density at radius 1 is 1.18 bits per heavy atom. The summed E-state index contributed by atoms with van der Waals surface area (Å²) in [5.41, 5.74) is 2.55. The van der Waals surface area contributed by atoms with Gasteiger partial charge in [-0.3, -0.25) is 4.79 Å². The van der Waals surface area contributed by atoms with E-state index in [1.165, 1.54) is 17.7 Å². The molecule has 0 aliphatic heterocycles. The first-order valence-corrected chi connectivity index (χ1v) is 8.18. The normalized spacial score (nSPS) is 11.3. The second-order valence-electron chi connectivity index (χ2n) is 6.06. The molecule has 116 valence electrons. The molecule has 22 heavy (non-hydrogen) atoms. The van der Waals surface area contributed by atoms with Gasteiger partial charge in [0.15, 0.2) is 0 Å². The maximum absolute atomic E-state index is 13.3. The summed E-state index contributed by atoms with van der Waals surface area (Å²) in [6.45, 7) is 6.69. The Kier molecular flexibility index (Phi) is 5.21. The Bertz CT molecular complexity index is 680. The van der Waals surface area contributed by atoms with Crippen LogP contribution in [-0.4, -0.2) is 12.5 Å². The van der Waals surface area contributed by atoms with Crippen molar-refractivity contribution in [3.05, 3.63) is 68.5 Å². The predicted octanol–water partition coefficient (Wildman–Crippen LogP) is 4.45. The molecule has 1 N–H and O–H groups in total. The highest BCUT2D eigenvalue weighted by Crippen LogP contribution is 2.23. The number of halogens is 2. The van der Waals surface area contributed by atoms with E-state index < -0.39 is 5.82 Å². The van der Waals surface area contributed by atoms with Gasteiger partial charge in [-0.05, 0) is 53.3 Å². The number of amides is 1. The number of benzene rings is 2. The third kappa shape index (κ3) is 4.06.